The molecule has 0 fully saturated rings. The smallest absolute Gasteiger partial charge is 0.432 e. The summed E-state index contributed by atoms with van der Waals surface area (Å²) in [5.41, 5.74) is 0.905. The molecule has 1 rings (SSSR count). The van der Waals surface area contributed by atoms with Gasteiger partial charge in [0, 0.05) is 19.5 Å². The molecule has 22 heavy (non-hydrogen) atoms. The van der Waals surface area contributed by atoms with Crippen LogP contribution in [-0.4, -0.2) is 31.1 Å². The molecule has 0 aliphatic carbocycles. The van der Waals surface area contributed by atoms with Crippen molar-refractivity contribution in [2.75, 3.05) is 13.2 Å². The Balaban J connectivity index is 0.00000441. The number of aromatic nitrogens is 2. The molecule has 4 nitrogen and oxygen atoms in total. The Morgan fingerprint density at radius 3 is 2.64 bits per heavy atom. The van der Waals surface area contributed by atoms with Gasteiger partial charge in [-0.3, -0.25) is 0 Å². The molecule has 1 heterocycles. The van der Waals surface area contributed by atoms with Gasteiger partial charge in [0.05, 0.1) is 0 Å². The number of ether oxygens (including phenoxy) is 1. The van der Waals surface area contributed by atoms with Crippen LogP contribution in [0.5, 0.6) is 0 Å². The standard InChI is InChI=1S/C16H29N2O2Si.Li/c1-7-19-14-18-12-15(17-13-18)10-8-9-11-20-21(5,6)16(2,3)4;/h8,10,12H,7,9,11,14H2,1-6H3;/q-1;+1/b10-8+;. The second-order valence-electron chi connectivity index (χ2n) is 6.66. The van der Waals surface area contributed by atoms with E-state index in [1.54, 1.807) is 0 Å². The molecular weight excluding hydrogens is 287 g/mol. The van der Waals surface area contributed by atoms with Crippen LogP contribution in [0.1, 0.15) is 39.8 Å². The van der Waals surface area contributed by atoms with E-state index in [0.717, 1.165) is 18.7 Å². The first-order chi connectivity index (χ1) is 9.76. The topological polar surface area (TPSA) is 36.3 Å². The van der Waals surface area contributed by atoms with Gasteiger partial charge in [-0.2, -0.15) is 0 Å². The normalized spacial score (nSPS) is 12.6. The fourth-order valence-electron chi connectivity index (χ4n) is 1.48. The van der Waals surface area contributed by atoms with Crippen molar-refractivity contribution in [2.24, 2.45) is 0 Å². The molecule has 1 aromatic rings. The van der Waals surface area contributed by atoms with E-state index in [-0.39, 0.29) is 23.9 Å². The molecule has 0 aliphatic heterocycles. The zero-order valence-electron chi connectivity index (χ0n) is 15.3. The minimum absolute atomic E-state index is 0. The largest absolute Gasteiger partial charge is 1.00 e. The van der Waals surface area contributed by atoms with E-state index in [0.29, 0.717) is 13.3 Å². The van der Waals surface area contributed by atoms with Crippen LogP contribution in [0.2, 0.25) is 18.1 Å². The third-order valence-electron chi connectivity index (χ3n) is 3.87. The molecular formula is C16H29LiN2O2Si. The molecule has 120 valence electrons. The second kappa shape index (κ2) is 9.74. The summed E-state index contributed by atoms with van der Waals surface area (Å²) in [6.07, 6.45) is 9.84. The zero-order valence-corrected chi connectivity index (χ0v) is 16.3. The zero-order chi connectivity index (χ0) is 15.9. The van der Waals surface area contributed by atoms with Crippen molar-refractivity contribution >= 4 is 14.4 Å². The van der Waals surface area contributed by atoms with Gasteiger partial charge in [-0.15, -0.1) is 12.3 Å². The van der Waals surface area contributed by atoms with Crippen LogP contribution < -0.4 is 18.9 Å². The summed E-state index contributed by atoms with van der Waals surface area (Å²) in [4.78, 5) is 4.19. The van der Waals surface area contributed by atoms with Crippen LogP contribution >= 0.6 is 0 Å². The number of nitrogens with zero attached hydrogens (tertiary/aromatic N) is 2. The number of hydrogen-bond acceptors (Lipinski definition) is 3. The van der Waals surface area contributed by atoms with Gasteiger partial charge < -0.3 is 18.7 Å². The van der Waals surface area contributed by atoms with E-state index in [1.165, 1.54) is 0 Å². The molecule has 0 N–H and O–H groups in total. The first kappa shape index (κ1) is 21.7. The summed E-state index contributed by atoms with van der Waals surface area (Å²) in [6.45, 7) is 15.3. The first-order valence-electron chi connectivity index (χ1n) is 7.59. The van der Waals surface area contributed by atoms with Gasteiger partial charge >= 0.3 is 18.9 Å². The van der Waals surface area contributed by atoms with Crippen LogP contribution in [-0.2, 0) is 15.9 Å². The Hall–Kier alpha value is -0.316. The van der Waals surface area contributed by atoms with Crippen molar-refractivity contribution in [1.82, 2.24) is 9.55 Å². The predicted molar refractivity (Wildman–Crippen MR) is 89.5 cm³/mol. The van der Waals surface area contributed by atoms with Crippen molar-refractivity contribution in [2.45, 2.75) is 59.0 Å². The molecule has 0 saturated heterocycles. The van der Waals surface area contributed by atoms with Crippen LogP contribution in [0.25, 0.3) is 6.08 Å². The van der Waals surface area contributed by atoms with E-state index in [2.05, 4.69) is 51.3 Å². The van der Waals surface area contributed by atoms with Crippen molar-refractivity contribution in [1.29, 1.82) is 0 Å². The number of imidazole rings is 1. The van der Waals surface area contributed by atoms with Crippen molar-refractivity contribution in [3.8, 4) is 0 Å². The minimum atomic E-state index is -1.62. The quantitative estimate of drug-likeness (QED) is 0.409. The fourth-order valence-corrected chi connectivity index (χ4v) is 2.54. The van der Waals surface area contributed by atoms with Gasteiger partial charge in [-0.05, 0) is 31.5 Å². The molecule has 0 saturated carbocycles. The SMILES string of the molecule is CCOCn1[c-]nc(/C=C/CCO[Si](C)(C)C(C)(C)C)c1.[Li+]. The van der Waals surface area contributed by atoms with Crippen LogP contribution in [0.15, 0.2) is 12.3 Å². The average Bonchev–Trinajstić information content (AvgIpc) is 2.82. The Morgan fingerprint density at radius 2 is 2.05 bits per heavy atom. The first-order valence-corrected chi connectivity index (χ1v) is 10.5. The number of rotatable bonds is 8. The summed E-state index contributed by atoms with van der Waals surface area (Å²) in [7, 11) is -1.62. The molecule has 0 aliphatic rings. The maximum Gasteiger partial charge on any atom is 1.00 e. The molecule has 0 atom stereocenters. The molecule has 0 bridgehead atoms. The fraction of sp³-hybridized carbons (Fsp3) is 0.688. The minimum Gasteiger partial charge on any atom is -0.432 e. The summed E-state index contributed by atoms with van der Waals surface area (Å²) in [6, 6.07) is 0. The van der Waals surface area contributed by atoms with Gasteiger partial charge in [-0.1, -0.05) is 32.5 Å². The summed E-state index contributed by atoms with van der Waals surface area (Å²) < 4.78 is 13.2. The average molecular weight is 316 g/mol. The van der Waals surface area contributed by atoms with Crippen LogP contribution in [0.4, 0.5) is 0 Å². The van der Waals surface area contributed by atoms with Crippen LogP contribution in [0.3, 0.4) is 0 Å². The molecule has 0 radical (unpaired) electrons. The van der Waals surface area contributed by atoms with E-state index >= 15 is 0 Å². The van der Waals surface area contributed by atoms with Crippen LogP contribution in [0, 0.1) is 6.33 Å². The summed E-state index contributed by atoms with van der Waals surface area (Å²) in [5, 5.41) is 0.268. The maximum atomic E-state index is 6.12. The Labute approximate surface area is 148 Å². The van der Waals surface area contributed by atoms with Gasteiger partial charge in [-0.25, -0.2) is 0 Å². The molecule has 0 spiro atoms. The molecule has 0 amide bonds. The van der Waals surface area contributed by atoms with Gasteiger partial charge in [0.25, 0.3) is 0 Å². The summed E-state index contributed by atoms with van der Waals surface area (Å²) in [5.74, 6) is 0. The number of hydrogen-bond donors (Lipinski definition) is 0. The third-order valence-corrected chi connectivity index (χ3v) is 8.41. The summed E-state index contributed by atoms with van der Waals surface area (Å²) >= 11 is 0. The van der Waals surface area contributed by atoms with E-state index in [1.807, 2.05) is 23.8 Å². The third kappa shape index (κ3) is 7.30. The Morgan fingerprint density at radius 1 is 1.36 bits per heavy atom. The van der Waals surface area contributed by atoms with Gasteiger partial charge in [0.15, 0.2) is 8.32 Å². The second-order valence-corrected chi connectivity index (χ2v) is 11.5. The maximum absolute atomic E-state index is 6.12. The van der Waals surface area contributed by atoms with Crippen molar-refractivity contribution < 1.29 is 28.0 Å². The molecule has 0 aromatic carbocycles. The van der Waals surface area contributed by atoms with Crippen molar-refractivity contribution in [3.63, 3.8) is 0 Å². The Kier molecular flexibility index (Phi) is 9.60. The monoisotopic (exact) mass is 316 g/mol. The van der Waals surface area contributed by atoms with Crippen molar-refractivity contribution in [3.05, 3.63) is 24.3 Å². The van der Waals surface area contributed by atoms with E-state index < -0.39 is 8.32 Å². The Bertz CT molecular complexity index is 453. The molecule has 0 unspecified atom stereocenters. The van der Waals surface area contributed by atoms with Gasteiger partial charge in [0.2, 0.25) is 0 Å². The van der Waals surface area contributed by atoms with E-state index in [4.69, 9.17) is 9.16 Å². The molecule has 1 aromatic heterocycles. The molecule has 6 heteroatoms. The van der Waals surface area contributed by atoms with Gasteiger partial charge in [0.1, 0.15) is 6.73 Å². The predicted octanol–water partition coefficient (Wildman–Crippen LogP) is 1.11. The van der Waals surface area contributed by atoms with E-state index in [9.17, 15) is 0 Å².